The molecule has 2 bridgehead atoms. The molecule has 0 saturated carbocycles. The van der Waals surface area contributed by atoms with Gasteiger partial charge in [0, 0.05) is 12.5 Å². The fraction of sp³-hybridized carbons (Fsp3) is 0.625. The van der Waals surface area contributed by atoms with Crippen LogP contribution in [0.4, 0.5) is 0 Å². The monoisotopic (exact) mass is 245 g/mol. The van der Waals surface area contributed by atoms with Crippen molar-refractivity contribution in [2.24, 2.45) is 11.8 Å². The van der Waals surface area contributed by atoms with Crippen molar-refractivity contribution in [1.82, 2.24) is 4.90 Å². The number of aliphatic hydroxyl groups is 1. The van der Waals surface area contributed by atoms with Crippen LogP contribution >= 0.6 is 0 Å². The van der Waals surface area contributed by atoms with Crippen LogP contribution in [0, 0.1) is 11.8 Å². The summed E-state index contributed by atoms with van der Waals surface area (Å²) in [4.78, 5) is 2.38. The lowest BCUT2D eigenvalue weighted by molar-refractivity contribution is 0.0293. The van der Waals surface area contributed by atoms with Crippen LogP contribution in [0.3, 0.4) is 0 Å². The number of aliphatic hydroxyl groups excluding tert-OH is 1. The lowest BCUT2D eigenvalue weighted by atomic mass is 9.59. The second-order valence-corrected chi connectivity index (χ2v) is 6.41. The Balaban J connectivity index is 2.18. The Morgan fingerprint density at radius 1 is 1.33 bits per heavy atom. The maximum atomic E-state index is 10.7. The summed E-state index contributed by atoms with van der Waals surface area (Å²) in [7, 11) is 2.17. The maximum absolute atomic E-state index is 10.7. The number of hydrogen-bond donors (Lipinski definition) is 1. The van der Waals surface area contributed by atoms with Crippen molar-refractivity contribution in [2.45, 2.75) is 31.8 Å². The highest BCUT2D eigenvalue weighted by Gasteiger charge is 2.48. The Morgan fingerprint density at radius 3 is 2.83 bits per heavy atom. The third-order valence-corrected chi connectivity index (χ3v) is 5.48. The number of rotatable bonds is 0. The molecule has 18 heavy (non-hydrogen) atoms. The molecule has 0 spiro atoms. The van der Waals surface area contributed by atoms with E-state index in [1.807, 2.05) is 0 Å². The molecule has 2 aliphatic rings. The molecular formula is C16H23NO. The molecule has 2 heteroatoms. The van der Waals surface area contributed by atoms with Gasteiger partial charge in [0.1, 0.15) is 0 Å². The summed E-state index contributed by atoms with van der Waals surface area (Å²) < 4.78 is 0. The molecule has 1 aromatic carbocycles. The van der Waals surface area contributed by atoms with Crippen LogP contribution in [0.2, 0.25) is 0 Å². The van der Waals surface area contributed by atoms with E-state index in [0.717, 1.165) is 13.1 Å². The van der Waals surface area contributed by atoms with Gasteiger partial charge in [0.25, 0.3) is 0 Å². The molecule has 2 nitrogen and oxygen atoms in total. The topological polar surface area (TPSA) is 23.5 Å². The van der Waals surface area contributed by atoms with E-state index < -0.39 is 0 Å². The number of fused-ring (bicyclic) bond motifs is 4. The average Bonchev–Trinajstić information content (AvgIpc) is 2.47. The predicted molar refractivity (Wildman–Crippen MR) is 73.5 cm³/mol. The summed E-state index contributed by atoms with van der Waals surface area (Å²) in [6.45, 7) is 6.84. The molecule has 1 N–H and O–H groups in total. The molecule has 1 fully saturated rings. The first kappa shape index (κ1) is 12.2. The summed E-state index contributed by atoms with van der Waals surface area (Å²) in [5, 5.41) is 10.7. The Kier molecular flexibility index (Phi) is 2.76. The van der Waals surface area contributed by atoms with Gasteiger partial charge in [-0.05, 0) is 42.5 Å². The van der Waals surface area contributed by atoms with Gasteiger partial charge in [-0.15, -0.1) is 0 Å². The minimum atomic E-state index is -0.301. The number of nitrogens with zero attached hydrogens (tertiary/aromatic N) is 1. The number of benzene rings is 1. The molecule has 98 valence electrons. The average molecular weight is 245 g/mol. The van der Waals surface area contributed by atoms with Gasteiger partial charge >= 0.3 is 0 Å². The number of likely N-dealkylation sites (tertiary alicyclic amines) is 1. The van der Waals surface area contributed by atoms with Crippen LogP contribution in [0.15, 0.2) is 24.3 Å². The highest BCUT2D eigenvalue weighted by Crippen LogP contribution is 2.51. The quantitative estimate of drug-likeness (QED) is 0.759. The van der Waals surface area contributed by atoms with Gasteiger partial charge in [0.2, 0.25) is 0 Å². The van der Waals surface area contributed by atoms with Crippen molar-refractivity contribution in [3.63, 3.8) is 0 Å². The van der Waals surface area contributed by atoms with Crippen LogP contribution in [-0.2, 0) is 5.41 Å². The smallest absolute Gasteiger partial charge is 0.0836 e. The molecule has 1 heterocycles. The predicted octanol–water partition coefficient (Wildman–Crippen LogP) is 2.58. The van der Waals surface area contributed by atoms with Gasteiger partial charge in [0.05, 0.1) is 6.10 Å². The molecule has 1 aliphatic carbocycles. The van der Waals surface area contributed by atoms with E-state index in [2.05, 4.69) is 50.1 Å². The molecule has 1 saturated heterocycles. The van der Waals surface area contributed by atoms with Crippen molar-refractivity contribution in [3.8, 4) is 0 Å². The van der Waals surface area contributed by atoms with E-state index in [0.29, 0.717) is 11.8 Å². The van der Waals surface area contributed by atoms with E-state index in [9.17, 15) is 5.11 Å². The lowest BCUT2D eigenvalue weighted by Crippen LogP contribution is -2.43. The van der Waals surface area contributed by atoms with Gasteiger partial charge in [0.15, 0.2) is 0 Å². The van der Waals surface area contributed by atoms with E-state index in [-0.39, 0.29) is 11.5 Å². The Bertz CT molecular complexity index is 458. The summed E-state index contributed by atoms with van der Waals surface area (Å²) in [5.74, 6) is 0.893. The minimum Gasteiger partial charge on any atom is -0.388 e. The standard InChI is InChI=1S/C16H23NO/c1-11-13-10-17(3)9-8-16(11,2)14-7-5-4-6-12(14)15(13)18/h4-7,11,13,15,18H,8-10H2,1-3H3. The summed E-state index contributed by atoms with van der Waals surface area (Å²) in [6, 6.07) is 8.49. The van der Waals surface area contributed by atoms with Crippen LogP contribution in [0.25, 0.3) is 0 Å². The molecule has 4 atom stereocenters. The van der Waals surface area contributed by atoms with E-state index in [4.69, 9.17) is 0 Å². The zero-order valence-corrected chi connectivity index (χ0v) is 11.6. The van der Waals surface area contributed by atoms with Crippen molar-refractivity contribution in [3.05, 3.63) is 35.4 Å². The molecule has 1 aliphatic heterocycles. The van der Waals surface area contributed by atoms with Gasteiger partial charge in [-0.3, -0.25) is 0 Å². The summed E-state index contributed by atoms with van der Waals surface area (Å²) in [6.07, 6.45) is 0.884. The first-order chi connectivity index (χ1) is 8.54. The zero-order chi connectivity index (χ0) is 12.9. The third kappa shape index (κ3) is 1.55. The molecular weight excluding hydrogens is 222 g/mol. The highest BCUT2D eigenvalue weighted by molar-refractivity contribution is 5.40. The molecule has 4 unspecified atom stereocenters. The molecule has 3 rings (SSSR count). The van der Waals surface area contributed by atoms with Crippen molar-refractivity contribution in [1.29, 1.82) is 0 Å². The second-order valence-electron chi connectivity index (χ2n) is 6.41. The Morgan fingerprint density at radius 2 is 2.06 bits per heavy atom. The van der Waals surface area contributed by atoms with Crippen LogP contribution in [0.5, 0.6) is 0 Å². The van der Waals surface area contributed by atoms with Crippen LogP contribution < -0.4 is 0 Å². The van der Waals surface area contributed by atoms with Crippen LogP contribution in [0.1, 0.15) is 37.5 Å². The van der Waals surface area contributed by atoms with Gasteiger partial charge in [-0.25, -0.2) is 0 Å². The van der Waals surface area contributed by atoms with E-state index >= 15 is 0 Å². The summed E-state index contributed by atoms with van der Waals surface area (Å²) >= 11 is 0. The third-order valence-electron chi connectivity index (χ3n) is 5.48. The van der Waals surface area contributed by atoms with Crippen molar-refractivity contribution >= 4 is 0 Å². The minimum absolute atomic E-state index is 0.214. The Hall–Kier alpha value is -0.860. The first-order valence-electron chi connectivity index (χ1n) is 7.00. The van der Waals surface area contributed by atoms with Gasteiger partial charge in [-0.2, -0.15) is 0 Å². The van der Waals surface area contributed by atoms with Crippen molar-refractivity contribution in [2.75, 3.05) is 20.1 Å². The second kappa shape index (κ2) is 4.07. The van der Waals surface area contributed by atoms with E-state index in [1.165, 1.54) is 17.5 Å². The zero-order valence-electron chi connectivity index (χ0n) is 11.6. The Labute approximate surface area is 110 Å². The van der Waals surface area contributed by atoms with Gasteiger partial charge in [-0.1, -0.05) is 38.1 Å². The molecule has 1 aromatic rings. The lowest BCUT2D eigenvalue weighted by Gasteiger charge is -2.46. The molecule has 0 amide bonds. The largest absolute Gasteiger partial charge is 0.388 e. The van der Waals surface area contributed by atoms with Crippen molar-refractivity contribution < 1.29 is 5.11 Å². The fourth-order valence-corrected chi connectivity index (χ4v) is 3.99. The summed E-state index contributed by atoms with van der Waals surface area (Å²) in [5.41, 5.74) is 2.75. The molecule has 0 aromatic heterocycles. The SMILES string of the molecule is CC1C2CN(C)CCC1(C)c1ccccc1C2O. The van der Waals surface area contributed by atoms with Gasteiger partial charge < -0.3 is 10.0 Å². The maximum Gasteiger partial charge on any atom is 0.0836 e. The first-order valence-corrected chi connectivity index (χ1v) is 7.00. The van der Waals surface area contributed by atoms with Crippen LogP contribution in [-0.4, -0.2) is 30.1 Å². The highest BCUT2D eigenvalue weighted by atomic mass is 16.3. The normalized spacial score (nSPS) is 40.1. The molecule has 0 radical (unpaired) electrons. The van der Waals surface area contributed by atoms with E-state index in [1.54, 1.807) is 0 Å². The fourth-order valence-electron chi connectivity index (χ4n) is 3.99. The number of hydrogen-bond acceptors (Lipinski definition) is 2.